The number of hydroxylamine groups is 1. The van der Waals surface area contributed by atoms with Gasteiger partial charge in [-0.15, -0.1) is 5.17 Å². The highest BCUT2D eigenvalue weighted by atomic mass is 16.7. The van der Waals surface area contributed by atoms with Crippen molar-refractivity contribution < 1.29 is 4.84 Å². The quantitative estimate of drug-likeness (QED) is 0.517. The molecule has 0 aromatic heterocycles. The number of hydrogen-bond acceptors (Lipinski definition) is 3. The predicted molar refractivity (Wildman–Crippen MR) is 43.2 cm³/mol. The number of nitrogens with two attached hydrogens (primary N) is 1. The van der Waals surface area contributed by atoms with E-state index in [1.165, 1.54) is 5.17 Å². The Morgan fingerprint density at radius 1 is 1.36 bits per heavy atom. The van der Waals surface area contributed by atoms with Gasteiger partial charge in [0.25, 0.3) is 0 Å². The van der Waals surface area contributed by atoms with Crippen LogP contribution >= 0.6 is 0 Å². The molecular formula is C8H12N2O. The van der Waals surface area contributed by atoms with Crippen LogP contribution in [0.25, 0.3) is 0 Å². The van der Waals surface area contributed by atoms with E-state index in [9.17, 15) is 0 Å². The highest BCUT2D eigenvalue weighted by Gasteiger charge is 1.91. The van der Waals surface area contributed by atoms with E-state index in [0.717, 1.165) is 5.56 Å². The van der Waals surface area contributed by atoms with E-state index in [4.69, 9.17) is 10.7 Å². The van der Waals surface area contributed by atoms with Crippen LogP contribution in [0.4, 0.5) is 0 Å². The fourth-order valence-corrected chi connectivity index (χ4v) is 0.751. The van der Waals surface area contributed by atoms with Crippen LogP contribution in [-0.2, 0) is 11.4 Å². The SMILES string of the molecule is CN(N)OCc1ccccc1. The number of nitrogens with zero attached hydrogens (tertiary/aromatic N) is 1. The Labute approximate surface area is 66.3 Å². The summed E-state index contributed by atoms with van der Waals surface area (Å²) < 4.78 is 0. The lowest BCUT2D eigenvalue weighted by molar-refractivity contribution is -0.153. The molecule has 1 aromatic rings. The van der Waals surface area contributed by atoms with Crippen molar-refractivity contribution in [2.45, 2.75) is 6.61 Å². The van der Waals surface area contributed by atoms with Gasteiger partial charge in [0.15, 0.2) is 0 Å². The number of benzene rings is 1. The molecule has 0 fully saturated rings. The van der Waals surface area contributed by atoms with E-state index in [1.54, 1.807) is 7.05 Å². The second kappa shape index (κ2) is 4.08. The Morgan fingerprint density at radius 3 is 2.55 bits per heavy atom. The summed E-state index contributed by atoms with van der Waals surface area (Å²) in [6.07, 6.45) is 0. The molecule has 0 radical (unpaired) electrons. The molecule has 3 heteroatoms. The molecule has 0 saturated carbocycles. The molecule has 0 spiro atoms. The Balaban J connectivity index is 2.39. The lowest BCUT2D eigenvalue weighted by atomic mass is 10.2. The third-order valence-electron chi connectivity index (χ3n) is 1.28. The maximum atomic E-state index is 5.25. The van der Waals surface area contributed by atoms with Crippen LogP contribution in [0.15, 0.2) is 30.3 Å². The van der Waals surface area contributed by atoms with Crippen molar-refractivity contribution in [1.82, 2.24) is 5.17 Å². The molecule has 2 N–H and O–H groups in total. The molecule has 3 nitrogen and oxygen atoms in total. The standard InChI is InChI=1S/C8H12N2O/c1-10(9)11-7-8-5-3-2-4-6-8/h2-6H,7,9H2,1H3. The second-order valence-corrected chi connectivity index (χ2v) is 2.31. The zero-order chi connectivity index (χ0) is 8.10. The van der Waals surface area contributed by atoms with Gasteiger partial charge in [-0.25, -0.2) is 5.84 Å². The molecule has 0 aliphatic heterocycles. The topological polar surface area (TPSA) is 38.5 Å². The molecule has 1 rings (SSSR count). The molecule has 0 amide bonds. The molecule has 0 unspecified atom stereocenters. The van der Waals surface area contributed by atoms with Gasteiger partial charge < -0.3 is 0 Å². The Morgan fingerprint density at radius 2 is 2.00 bits per heavy atom. The van der Waals surface area contributed by atoms with E-state index in [1.807, 2.05) is 30.3 Å². The Bertz CT molecular complexity index is 199. The molecule has 0 bridgehead atoms. The van der Waals surface area contributed by atoms with Gasteiger partial charge in [-0.1, -0.05) is 30.3 Å². The molecule has 0 atom stereocenters. The van der Waals surface area contributed by atoms with Gasteiger partial charge in [0.2, 0.25) is 0 Å². The summed E-state index contributed by atoms with van der Waals surface area (Å²) in [5.74, 6) is 5.25. The first-order valence-electron chi connectivity index (χ1n) is 3.44. The summed E-state index contributed by atoms with van der Waals surface area (Å²) in [6.45, 7) is 0.522. The van der Waals surface area contributed by atoms with Gasteiger partial charge in [0.05, 0.1) is 6.61 Å². The normalized spacial score (nSPS) is 10.5. The van der Waals surface area contributed by atoms with Gasteiger partial charge >= 0.3 is 0 Å². The van der Waals surface area contributed by atoms with E-state index in [-0.39, 0.29) is 0 Å². The van der Waals surface area contributed by atoms with Crippen LogP contribution < -0.4 is 5.84 Å². The van der Waals surface area contributed by atoms with Crippen LogP contribution in [0, 0.1) is 0 Å². The van der Waals surface area contributed by atoms with Crippen LogP contribution in [0.5, 0.6) is 0 Å². The number of rotatable bonds is 3. The first-order valence-corrected chi connectivity index (χ1v) is 3.44. The molecule has 1 aromatic carbocycles. The highest BCUT2D eigenvalue weighted by Crippen LogP contribution is 1.99. The zero-order valence-electron chi connectivity index (χ0n) is 6.53. The monoisotopic (exact) mass is 152 g/mol. The van der Waals surface area contributed by atoms with E-state index < -0.39 is 0 Å². The van der Waals surface area contributed by atoms with Crippen molar-refractivity contribution in [2.75, 3.05) is 7.05 Å². The molecule has 60 valence electrons. The maximum Gasteiger partial charge on any atom is 0.0952 e. The lowest BCUT2D eigenvalue weighted by Gasteiger charge is -2.08. The Kier molecular flexibility index (Phi) is 3.04. The third kappa shape index (κ3) is 3.13. The maximum absolute atomic E-state index is 5.25. The lowest BCUT2D eigenvalue weighted by Crippen LogP contribution is -2.25. The average Bonchev–Trinajstić information content (AvgIpc) is 2.03. The van der Waals surface area contributed by atoms with Crippen molar-refractivity contribution in [1.29, 1.82) is 0 Å². The zero-order valence-corrected chi connectivity index (χ0v) is 6.53. The summed E-state index contributed by atoms with van der Waals surface area (Å²) in [5.41, 5.74) is 1.12. The van der Waals surface area contributed by atoms with Gasteiger partial charge in [-0.2, -0.15) is 0 Å². The van der Waals surface area contributed by atoms with Gasteiger partial charge in [0.1, 0.15) is 0 Å². The van der Waals surface area contributed by atoms with Gasteiger partial charge in [0, 0.05) is 7.05 Å². The summed E-state index contributed by atoms with van der Waals surface area (Å²) in [7, 11) is 1.66. The van der Waals surface area contributed by atoms with Crippen molar-refractivity contribution in [3.05, 3.63) is 35.9 Å². The highest BCUT2D eigenvalue weighted by molar-refractivity contribution is 5.13. The van der Waals surface area contributed by atoms with E-state index in [0.29, 0.717) is 6.61 Å². The molecular weight excluding hydrogens is 140 g/mol. The van der Waals surface area contributed by atoms with Crippen LogP contribution in [0.3, 0.4) is 0 Å². The molecule has 0 aliphatic rings. The minimum atomic E-state index is 0.522. The molecule has 11 heavy (non-hydrogen) atoms. The fourth-order valence-electron chi connectivity index (χ4n) is 0.751. The largest absolute Gasteiger partial charge is 0.280 e. The van der Waals surface area contributed by atoms with Crippen LogP contribution in [0.2, 0.25) is 0 Å². The molecule has 0 aliphatic carbocycles. The Hall–Kier alpha value is -0.900. The molecule has 0 heterocycles. The van der Waals surface area contributed by atoms with Crippen molar-refractivity contribution in [2.24, 2.45) is 5.84 Å². The first-order chi connectivity index (χ1) is 5.29. The van der Waals surface area contributed by atoms with E-state index in [2.05, 4.69) is 0 Å². The predicted octanol–water partition coefficient (Wildman–Crippen LogP) is 0.924. The smallest absolute Gasteiger partial charge is 0.0952 e. The first kappa shape index (κ1) is 8.20. The summed E-state index contributed by atoms with van der Waals surface area (Å²) >= 11 is 0. The van der Waals surface area contributed by atoms with Crippen molar-refractivity contribution in [3.63, 3.8) is 0 Å². The summed E-state index contributed by atoms with van der Waals surface area (Å²) in [5, 5.41) is 1.20. The summed E-state index contributed by atoms with van der Waals surface area (Å²) in [4.78, 5) is 5.04. The van der Waals surface area contributed by atoms with E-state index >= 15 is 0 Å². The minimum absolute atomic E-state index is 0.522. The van der Waals surface area contributed by atoms with Crippen LogP contribution in [0.1, 0.15) is 5.56 Å². The molecule has 0 saturated heterocycles. The van der Waals surface area contributed by atoms with Crippen molar-refractivity contribution in [3.8, 4) is 0 Å². The summed E-state index contributed by atoms with van der Waals surface area (Å²) in [6, 6.07) is 9.88. The third-order valence-corrected chi connectivity index (χ3v) is 1.28. The fraction of sp³-hybridized carbons (Fsp3) is 0.250. The minimum Gasteiger partial charge on any atom is -0.280 e. The number of hydrogen-bond donors (Lipinski definition) is 1. The number of hydrazine groups is 1. The van der Waals surface area contributed by atoms with Gasteiger partial charge in [-0.05, 0) is 5.56 Å². The van der Waals surface area contributed by atoms with Gasteiger partial charge in [-0.3, -0.25) is 4.84 Å². The average molecular weight is 152 g/mol. The van der Waals surface area contributed by atoms with Crippen LogP contribution in [-0.4, -0.2) is 12.2 Å². The van der Waals surface area contributed by atoms with Crippen molar-refractivity contribution >= 4 is 0 Å². The second-order valence-electron chi connectivity index (χ2n) is 2.31.